The number of hydrogen-bond acceptors (Lipinski definition) is 1. The van der Waals surface area contributed by atoms with E-state index in [-0.39, 0.29) is 13.0 Å². The van der Waals surface area contributed by atoms with Gasteiger partial charge in [-0.3, -0.25) is 4.79 Å². The second-order valence-electron chi connectivity index (χ2n) is 5.68. The summed E-state index contributed by atoms with van der Waals surface area (Å²) in [6.07, 6.45) is -8.20. The lowest BCUT2D eigenvalue weighted by molar-refractivity contribution is -0.299. The molecule has 0 radical (unpaired) electrons. The van der Waals surface area contributed by atoms with Crippen molar-refractivity contribution >= 4 is 5.91 Å². The summed E-state index contributed by atoms with van der Waals surface area (Å²) in [4.78, 5) is 12.6. The molecule has 0 bridgehead atoms. The number of carbonyl (C=O) groups is 1. The molecule has 2 fully saturated rings. The average Bonchev–Trinajstić information content (AvgIpc) is 2.51. The third-order valence-corrected chi connectivity index (χ3v) is 3.78. The number of halogens is 6. The first kappa shape index (κ1) is 14.5. The van der Waals surface area contributed by atoms with E-state index in [0.717, 1.165) is 0 Å². The SMILES string of the molecule is C[C@@]1(F)CCN(C(=O)C2(C(F)(F)F)CC(F)(F)C2)C1. The van der Waals surface area contributed by atoms with E-state index in [1.807, 2.05) is 0 Å². The van der Waals surface area contributed by atoms with Crippen LogP contribution in [0.3, 0.4) is 0 Å². The Bertz CT molecular complexity index is 394. The van der Waals surface area contributed by atoms with Crippen molar-refractivity contribution < 1.29 is 31.1 Å². The number of hydrogen-bond donors (Lipinski definition) is 0. The Hall–Kier alpha value is -0.950. The van der Waals surface area contributed by atoms with E-state index >= 15 is 0 Å². The molecule has 1 aliphatic carbocycles. The third-order valence-electron chi connectivity index (χ3n) is 3.78. The molecule has 0 N–H and O–H groups in total. The molecule has 2 nitrogen and oxygen atoms in total. The van der Waals surface area contributed by atoms with Gasteiger partial charge in [0.05, 0.1) is 6.54 Å². The van der Waals surface area contributed by atoms with E-state index in [2.05, 4.69) is 0 Å². The molecule has 2 aliphatic rings. The summed E-state index contributed by atoms with van der Waals surface area (Å²) < 4.78 is 78.0. The highest BCUT2D eigenvalue weighted by Gasteiger charge is 2.74. The van der Waals surface area contributed by atoms with Crippen LogP contribution in [-0.2, 0) is 4.79 Å². The van der Waals surface area contributed by atoms with Gasteiger partial charge in [-0.15, -0.1) is 0 Å². The number of alkyl halides is 6. The Morgan fingerprint density at radius 2 is 1.68 bits per heavy atom. The molecule has 19 heavy (non-hydrogen) atoms. The van der Waals surface area contributed by atoms with Crippen LogP contribution >= 0.6 is 0 Å². The average molecular weight is 289 g/mol. The number of carbonyl (C=O) groups excluding carboxylic acids is 1. The molecule has 8 heteroatoms. The lowest BCUT2D eigenvalue weighted by Gasteiger charge is -2.48. The summed E-state index contributed by atoms with van der Waals surface area (Å²) in [5.74, 6) is -4.91. The van der Waals surface area contributed by atoms with Crippen LogP contribution in [0.25, 0.3) is 0 Å². The zero-order valence-electron chi connectivity index (χ0n) is 10.2. The summed E-state index contributed by atoms with van der Waals surface area (Å²) in [6.45, 7) is 0.528. The molecule has 0 spiro atoms. The van der Waals surface area contributed by atoms with Crippen LogP contribution in [0.1, 0.15) is 26.2 Å². The normalized spacial score (nSPS) is 33.1. The van der Waals surface area contributed by atoms with Crippen molar-refractivity contribution in [3.63, 3.8) is 0 Å². The summed E-state index contributed by atoms with van der Waals surface area (Å²) in [6, 6.07) is 0. The van der Waals surface area contributed by atoms with Gasteiger partial charge < -0.3 is 4.90 Å². The number of likely N-dealkylation sites (tertiary alicyclic amines) is 1. The van der Waals surface area contributed by atoms with Gasteiger partial charge in [0, 0.05) is 25.8 Å². The molecule has 0 aromatic heterocycles. The fraction of sp³-hybridized carbons (Fsp3) is 0.909. The molecule has 1 aliphatic heterocycles. The molecule has 1 heterocycles. The Morgan fingerprint density at radius 3 is 2.00 bits per heavy atom. The van der Waals surface area contributed by atoms with Crippen LogP contribution in [0.15, 0.2) is 0 Å². The smallest absolute Gasteiger partial charge is 0.339 e. The molecule has 0 aromatic carbocycles. The predicted molar refractivity (Wildman–Crippen MR) is 53.4 cm³/mol. The molecular formula is C11H13F6NO. The van der Waals surface area contributed by atoms with Gasteiger partial charge in [-0.25, -0.2) is 13.2 Å². The zero-order chi connectivity index (χ0) is 14.7. The minimum absolute atomic E-state index is 0.0803. The second-order valence-corrected chi connectivity index (χ2v) is 5.68. The molecular weight excluding hydrogens is 276 g/mol. The van der Waals surface area contributed by atoms with Gasteiger partial charge in [0.15, 0.2) is 5.41 Å². The fourth-order valence-corrected chi connectivity index (χ4v) is 2.70. The van der Waals surface area contributed by atoms with Crippen molar-refractivity contribution in [2.45, 2.75) is 44.0 Å². The second kappa shape index (κ2) is 3.79. The molecule has 1 saturated heterocycles. The van der Waals surface area contributed by atoms with Gasteiger partial charge in [-0.2, -0.15) is 13.2 Å². The highest BCUT2D eigenvalue weighted by Crippen LogP contribution is 2.61. The Labute approximate surface area is 105 Å². The van der Waals surface area contributed by atoms with Crippen LogP contribution in [0.2, 0.25) is 0 Å². The van der Waals surface area contributed by atoms with E-state index < -0.39 is 48.5 Å². The summed E-state index contributed by atoms with van der Waals surface area (Å²) in [7, 11) is 0. The number of amides is 1. The Balaban J connectivity index is 2.20. The number of nitrogens with zero attached hydrogens (tertiary/aromatic N) is 1. The van der Waals surface area contributed by atoms with Crippen LogP contribution in [0.5, 0.6) is 0 Å². The van der Waals surface area contributed by atoms with Crippen molar-refractivity contribution in [3.8, 4) is 0 Å². The van der Waals surface area contributed by atoms with E-state index in [9.17, 15) is 31.1 Å². The van der Waals surface area contributed by atoms with Gasteiger partial charge in [0.25, 0.3) is 5.92 Å². The lowest BCUT2D eigenvalue weighted by atomic mass is 9.64. The van der Waals surface area contributed by atoms with Gasteiger partial charge in [0.2, 0.25) is 5.91 Å². The summed E-state index contributed by atoms with van der Waals surface area (Å²) in [5, 5.41) is 0. The molecule has 0 aromatic rings. The largest absolute Gasteiger partial charge is 0.403 e. The minimum atomic E-state index is -5.04. The Morgan fingerprint density at radius 1 is 1.16 bits per heavy atom. The maximum atomic E-state index is 13.6. The van der Waals surface area contributed by atoms with Gasteiger partial charge in [-0.05, 0) is 6.92 Å². The zero-order valence-corrected chi connectivity index (χ0v) is 10.2. The van der Waals surface area contributed by atoms with Crippen molar-refractivity contribution in [2.24, 2.45) is 5.41 Å². The molecule has 2 rings (SSSR count). The van der Waals surface area contributed by atoms with E-state index in [1.165, 1.54) is 6.92 Å². The van der Waals surface area contributed by atoms with E-state index in [4.69, 9.17) is 0 Å². The van der Waals surface area contributed by atoms with Crippen LogP contribution < -0.4 is 0 Å². The maximum absolute atomic E-state index is 13.6. The van der Waals surface area contributed by atoms with Crippen molar-refractivity contribution in [2.75, 3.05) is 13.1 Å². The molecule has 110 valence electrons. The van der Waals surface area contributed by atoms with Crippen LogP contribution in [0, 0.1) is 5.41 Å². The maximum Gasteiger partial charge on any atom is 0.403 e. The van der Waals surface area contributed by atoms with Gasteiger partial charge in [-0.1, -0.05) is 0 Å². The first-order valence-electron chi connectivity index (χ1n) is 5.82. The van der Waals surface area contributed by atoms with Crippen molar-refractivity contribution in [1.82, 2.24) is 4.90 Å². The fourth-order valence-electron chi connectivity index (χ4n) is 2.70. The highest BCUT2D eigenvalue weighted by atomic mass is 19.4. The van der Waals surface area contributed by atoms with Gasteiger partial charge >= 0.3 is 6.18 Å². The monoisotopic (exact) mass is 289 g/mol. The molecule has 1 atom stereocenters. The third kappa shape index (κ3) is 2.29. The van der Waals surface area contributed by atoms with Crippen molar-refractivity contribution in [3.05, 3.63) is 0 Å². The first-order chi connectivity index (χ1) is 8.39. The molecule has 0 unspecified atom stereocenters. The van der Waals surface area contributed by atoms with Crippen LogP contribution in [-0.4, -0.2) is 41.7 Å². The van der Waals surface area contributed by atoms with E-state index in [0.29, 0.717) is 4.90 Å². The van der Waals surface area contributed by atoms with Gasteiger partial charge in [0.1, 0.15) is 5.67 Å². The first-order valence-corrected chi connectivity index (χ1v) is 5.82. The predicted octanol–water partition coefficient (Wildman–Crippen LogP) is 2.92. The standard InChI is InChI=1S/C11H13F6NO/c1-8(12)2-3-18(6-8)7(19)9(11(15,16)17)4-10(13,14)5-9/h2-6H2,1H3/t8-/m1/s1. The lowest BCUT2D eigenvalue weighted by Crippen LogP contribution is -2.63. The highest BCUT2D eigenvalue weighted by molar-refractivity contribution is 5.85. The molecule has 1 saturated carbocycles. The van der Waals surface area contributed by atoms with E-state index in [1.54, 1.807) is 0 Å². The quantitative estimate of drug-likeness (QED) is 0.680. The summed E-state index contributed by atoms with van der Waals surface area (Å²) >= 11 is 0. The Kier molecular flexibility index (Phi) is 2.88. The number of rotatable bonds is 1. The van der Waals surface area contributed by atoms with Crippen LogP contribution in [0.4, 0.5) is 26.3 Å². The molecule has 1 amide bonds. The topological polar surface area (TPSA) is 20.3 Å². The van der Waals surface area contributed by atoms with Crippen molar-refractivity contribution in [1.29, 1.82) is 0 Å². The summed E-state index contributed by atoms with van der Waals surface area (Å²) in [5.41, 5.74) is -4.80. The minimum Gasteiger partial charge on any atom is -0.339 e.